The van der Waals surface area contributed by atoms with E-state index < -0.39 is 15.8 Å². The molecule has 0 spiro atoms. The highest BCUT2D eigenvalue weighted by molar-refractivity contribution is 9.10. The molecule has 0 amide bonds. The second-order valence-corrected chi connectivity index (χ2v) is 7.35. The van der Waals surface area contributed by atoms with Gasteiger partial charge < -0.3 is 5.73 Å². The van der Waals surface area contributed by atoms with Gasteiger partial charge in [0.05, 0.1) is 0 Å². The van der Waals surface area contributed by atoms with Gasteiger partial charge in [-0.2, -0.15) is 4.31 Å². The van der Waals surface area contributed by atoms with E-state index in [1.54, 1.807) is 0 Å². The van der Waals surface area contributed by atoms with Crippen LogP contribution in [0.1, 0.15) is 19.3 Å². The average Bonchev–Trinajstić information content (AvgIpc) is 2.41. The van der Waals surface area contributed by atoms with E-state index in [1.807, 2.05) is 0 Å². The number of nitrogens with two attached hydrogens (primary N) is 1. The third kappa shape index (κ3) is 2.99. The van der Waals surface area contributed by atoms with Crippen molar-refractivity contribution in [2.24, 2.45) is 5.73 Å². The second-order valence-electron chi connectivity index (χ2n) is 4.58. The van der Waals surface area contributed by atoms with Crippen LogP contribution in [-0.2, 0) is 10.0 Å². The summed E-state index contributed by atoms with van der Waals surface area (Å²) in [6.45, 7) is 0.658. The van der Waals surface area contributed by atoms with Crippen molar-refractivity contribution in [3.05, 3.63) is 28.5 Å². The molecule has 19 heavy (non-hydrogen) atoms. The van der Waals surface area contributed by atoms with Crippen LogP contribution < -0.4 is 5.73 Å². The van der Waals surface area contributed by atoms with Crippen LogP contribution in [0.3, 0.4) is 0 Å². The Morgan fingerprint density at radius 1 is 1.42 bits per heavy atom. The molecule has 1 aliphatic heterocycles. The van der Waals surface area contributed by atoms with Gasteiger partial charge in [0.1, 0.15) is 10.7 Å². The van der Waals surface area contributed by atoms with Gasteiger partial charge in [-0.05, 0) is 31.0 Å². The van der Waals surface area contributed by atoms with Crippen LogP contribution in [0.5, 0.6) is 0 Å². The summed E-state index contributed by atoms with van der Waals surface area (Å²) < 4.78 is 40.7. The van der Waals surface area contributed by atoms with Gasteiger partial charge in [0, 0.05) is 23.6 Å². The van der Waals surface area contributed by atoms with Crippen LogP contribution in [0, 0.1) is 5.82 Å². The third-order valence-electron chi connectivity index (χ3n) is 3.33. The average molecular weight is 351 g/mol. The van der Waals surface area contributed by atoms with Crippen molar-refractivity contribution in [2.75, 3.05) is 13.1 Å². The predicted molar refractivity (Wildman–Crippen MR) is 74.7 cm³/mol. The molecule has 2 rings (SSSR count). The lowest BCUT2D eigenvalue weighted by molar-refractivity contribution is 0.257. The molecule has 1 heterocycles. The molecule has 1 atom stereocenters. The molecule has 1 unspecified atom stereocenters. The smallest absolute Gasteiger partial charge is 0.246 e. The number of sulfonamides is 1. The third-order valence-corrected chi connectivity index (χ3v) is 5.79. The highest BCUT2D eigenvalue weighted by Crippen LogP contribution is 2.28. The zero-order chi connectivity index (χ0) is 14.0. The van der Waals surface area contributed by atoms with Crippen molar-refractivity contribution in [3.63, 3.8) is 0 Å². The van der Waals surface area contributed by atoms with Gasteiger partial charge in [-0.25, -0.2) is 12.8 Å². The summed E-state index contributed by atoms with van der Waals surface area (Å²) in [5.41, 5.74) is 5.63. The topological polar surface area (TPSA) is 63.4 Å². The van der Waals surface area contributed by atoms with E-state index in [1.165, 1.54) is 16.4 Å². The first-order valence-corrected chi connectivity index (χ1v) is 8.37. The lowest BCUT2D eigenvalue weighted by Gasteiger charge is -2.33. The van der Waals surface area contributed by atoms with E-state index in [0.29, 0.717) is 11.0 Å². The normalized spacial score (nSPS) is 21.5. The first kappa shape index (κ1) is 14.9. The SMILES string of the molecule is NCC1CCCCN1S(=O)(=O)c1cc(Br)ccc1F. The summed E-state index contributed by atoms with van der Waals surface area (Å²) >= 11 is 3.17. The van der Waals surface area contributed by atoms with Crippen molar-refractivity contribution in [3.8, 4) is 0 Å². The van der Waals surface area contributed by atoms with Crippen LogP contribution in [0.25, 0.3) is 0 Å². The second kappa shape index (κ2) is 5.87. The summed E-state index contributed by atoms with van der Waals surface area (Å²) in [6.07, 6.45) is 2.46. The fourth-order valence-electron chi connectivity index (χ4n) is 2.33. The van der Waals surface area contributed by atoms with Crippen LogP contribution in [0.15, 0.2) is 27.6 Å². The van der Waals surface area contributed by atoms with Crippen molar-refractivity contribution >= 4 is 26.0 Å². The number of rotatable bonds is 3. The van der Waals surface area contributed by atoms with Gasteiger partial charge >= 0.3 is 0 Å². The van der Waals surface area contributed by atoms with Gasteiger partial charge in [-0.15, -0.1) is 0 Å². The maximum Gasteiger partial charge on any atom is 0.246 e. The van der Waals surface area contributed by atoms with Crippen LogP contribution in [0.4, 0.5) is 4.39 Å². The van der Waals surface area contributed by atoms with Gasteiger partial charge in [0.15, 0.2) is 0 Å². The van der Waals surface area contributed by atoms with Crippen LogP contribution >= 0.6 is 15.9 Å². The molecule has 106 valence electrons. The quantitative estimate of drug-likeness (QED) is 0.907. The monoisotopic (exact) mass is 350 g/mol. The number of piperidine rings is 1. The van der Waals surface area contributed by atoms with Crippen molar-refractivity contribution in [1.29, 1.82) is 0 Å². The predicted octanol–water partition coefficient (Wildman–Crippen LogP) is 2.09. The lowest BCUT2D eigenvalue weighted by atomic mass is 10.1. The molecule has 2 N–H and O–H groups in total. The first-order valence-electron chi connectivity index (χ1n) is 6.14. The summed E-state index contributed by atoms with van der Waals surface area (Å²) in [5, 5.41) is 0. The Kier molecular flexibility index (Phi) is 4.60. The zero-order valence-corrected chi connectivity index (χ0v) is 12.8. The van der Waals surface area contributed by atoms with Crippen molar-refractivity contribution in [2.45, 2.75) is 30.2 Å². The molecule has 0 aliphatic carbocycles. The maximum absolute atomic E-state index is 13.8. The number of hydrogen-bond acceptors (Lipinski definition) is 3. The molecule has 1 aromatic rings. The Labute approximate surface area is 121 Å². The molecule has 0 saturated carbocycles. The number of benzene rings is 1. The Hall–Kier alpha value is -0.500. The molecular formula is C12H16BrFN2O2S. The molecule has 1 saturated heterocycles. The van der Waals surface area contributed by atoms with Crippen LogP contribution in [-0.4, -0.2) is 31.9 Å². The zero-order valence-electron chi connectivity index (χ0n) is 10.4. The maximum atomic E-state index is 13.8. The Bertz CT molecular complexity index is 565. The van der Waals surface area contributed by atoms with Crippen molar-refractivity contribution in [1.82, 2.24) is 4.31 Å². The largest absolute Gasteiger partial charge is 0.329 e. The van der Waals surface area contributed by atoms with Crippen LogP contribution in [0.2, 0.25) is 0 Å². The minimum absolute atomic E-state index is 0.239. The fraction of sp³-hybridized carbons (Fsp3) is 0.500. The fourth-order valence-corrected chi connectivity index (χ4v) is 4.64. The minimum atomic E-state index is -3.83. The molecule has 0 bridgehead atoms. The Balaban J connectivity index is 2.43. The first-order chi connectivity index (χ1) is 8.96. The number of halogens is 2. The van der Waals surface area contributed by atoms with E-state index in [9.17, 15) is 12.8 Å². The summed E-state index contributed by atoms with van der Waals surface area (Å²) in [5.74, 6) is -0.732. The highest BCUT2D eigenvalue weighted by Gasteiger charge is 2.34. The van der Waals surface area contributed by atoms with E-state index in [0.717, 1.165) is 25.3 Å². The van der Waals surface area contributed by atoms with Crippen molar-refractivity contribution < 1.29 is 12.8 Å². The molecule has 4 nitrogen and oxygen atoms in total. The number of nitrogens with zero attached hydrogens (tertiary/aromatic N) is 1. The lowest BCUT2D eigenvalue weighted by Crippen LogP contribution is -2.47. The van der Waals surface area contributed by atoms with Gasteiger partial charge in [-0.3, -0.25) is 0 Å². The Morgan fingerprint density at radius 2 is 2.16 bits per heavy atom. The molecule has 7 heteroatoms. The standard InChI is InChI=1S/C12H16BrFN2O2S/c13-9-4-5-11(14)12(7-9)19(17,18)16-6-2-1-3-10(16)8-15/h4-5,7,10H,1-3,6,8,15H2. The molecule has 1 fully saturated rings. The molecule has 0 radical (unpaired) electrons. The molecule has 1 aliphatic rings. The van der Waals surface area contributed by atoms with Gasteiger partial charge in [0.2, 0.25) is 10.0 Å². The summed E-state index contributed by atoms with van der Waals surface area (Å²) in [6, 6.07) is 3.69. The minimum Gasteiger partial charge on any atom is -0.329 e. The summed E-state index contributed by atoms with van der Waals surface area (Å²) in [7, 11) is -3.83. The van der Waals surface area contributed by atoms with E-state index in [2.05, 4.69) is 15.9 Å². The summed E-state index contributed by atoms with van der Waals surface area (Å²) in [4.78, 5) is -0.290. The molecule has 1 aromatic carbocycles. The van der Waals surface area contributed by atoms with E-state index in [-0.39, 0.29) is 17.5 Å². The van der Waals surface area contributed by atoms with Gasteiger partial charge in [-0.1, -0.05) is 22.4 Å². The van der Waals surface area contributed by atoms with Gasteiger partial charge in [0.25, 0.3) is 0 Å². The molecular weight excluding hydrogens is 335 g/mol. The number of hydrogen-bond donors (Lipinski definition) is 1. The van der Waals surface area contributed by atoms with E-state index >= 15 is 0 Å². The molecule has 0 aromatic heterocycles. The highest BCUT2D eigenvalue weighted by atomic mass is 79.9. The van der Waals surface area contributed by atoms with E-state index in [4.69, 9.17) is 5.73 Å². The Morgan fingerprint density at radius 3 is 2.84 bits per heavy atom.